The Labute approximate surface area is 183 Å². The average Bonchev–Trinajstić information content (AvgIpc) is 2.74. The molecular formula is C22H19F3N2O4S. The van der Waals surface area contributed by atoms with Crippen LogP contribution in [0.1, 0.15) is 21.5 Å². The second-order valence-corrected chi connectivity index (χ2v) is 8.47. The van der Waals surface area contributed by atoms with E-state index in [1.807, 2.05) is 0 Å². The van der Waals surface area contributed by atoms with Crippen molar-refractivity contribution in [1.29, 1.82) is 0 Å². The largest absolute Gasteiger partial charge is 0.495 e. The number of alkyl halides is 3. The first-order chi connectivity index (χ1) is 15.0. The highest BCUT2D eigenvalue weighted by molar-refractivity contribution is 7.92. The van der Waals surface area contributed by atoms with Crippen LogP contribution in [0, 0.1) is 6.92 Å². The molecule has 3 rings (SSSR count). The van der Waals surface area contributed by atoms with Crippen molar-refractivity contribution in [3.8, 4) is 5.75 Å². The zero-order valence-electron chi connectivity index (χ0n) is 17.0. The second kappa shape index (κ2) is 8.91. The first kappa shape index (κ1) is 23.1. The van der Waals surface area contributed by atoms with E-state index in [-0.39, 0.29) is 21.8 Å². The van der Waals surface area contributed by atoms with Crippen molar-refractivity contribution in [1.82, 2.24) is 0 Å². The van der Waals surface area contributed by atoms with Crippen molar-refractivity contribution >= 4 is 27.3 Å². The first-order valence-electron chi connectivity index (χ1n) is 9.26. The molecule has 2 N–H and O–H groups in total. The quantitative estimate of drug-likeness (QED) is 0.533. The van der Waals surface area contributed by atoms with E-state index in [9.17, 15) is 26.4 Å². The molecule has 0 bridgehead atoms. The lowest BCUT2D eigenvalue weighted by Crippen LogP contribution is -2.17. The molecule has 0 aliphatic rings. The highest BCUT2D eigenvalue weighted by atomic mass is 32.2. The number of hydrogen-bond donors (Lipinski definition) is 2. The van der Waals surface area contributed by atoms with Crippen molar-refractivity contribution in [3.63, 3.8) is 0 Å². The minimum absolute atomic E-state index is 0.00451. The zero-order chi connectivity index (χ0) is 23.5. The van der Waals surface area contributed by atoms with E-state index < -0.39 is 27.7 Å². The molecule has 3 aromatic rings. The van der Waals surface area contributed by atoms with Crippen LogP contribution in [0.25, 0.3) is 0 Å². The smallest absolute Gasteiger partial charge is 0.416 e. The number of carbonyl (C=O) groups excluding carboxylic acids is 1. The Morgan fingerprint density at radius 3 is 2.25 bits per heavy atom. The third kappa shape index (κ3) is 5.20. The number of para-hydroxylation sites is 2. The molecule has 168 valence electrons. The van der Waals surface area contributed by atoms with Crippen LogP contribution in [-0.2, 0) is 16.2 Å². The number of ether oxygens (including phenoxy) is 1. The highest BCUT2D eigenvalue weighted by Crippen LogP contribution is 2.30. The van der Waals surface area contributed by atoms with Gasteiger partial charge >= 0.3 is 6.18 Å². The number of aryl methyl sites for hydroxylation is 1. The van der Waals surface area contributed by atoms with Gasteiger partial charge in [0.05, 0.1) is 23.3 Å². The predicted octanol–water partition coefficient (Wildman–Crippen LogP) is 5.08. The highest BCUT2D eigenvalue weighted by Gasteiger charge is 2.30. The Morgan fingerprint density at radius 2 is 1.62 bits per heavy atom. The lowest BCUT2D eigenvalue weighted by atomic mass is 10.1. The van der Waals surface area contributed by atoms with Crippen LogP contribution in [0.4, 0.5) is 24.5 Å². The maximum atomic E-state index is 12.9. The van der Waals surface area contributed by atoms with Gasteiger partial charge in [0.2, 0.25) is 0 Å². The molecule has 0 fully saturated rings. The molecule has 10 heteroatoms. The molecule has 0 aliphatic heterocycles. The number of anilines is 2. The Balaban J connectivity index is 1.84. The molecule has 32 heavy (non-hydrogen) atoms. The van der Waals surface area contributed by atoms with Crippen LogP contribution in [-0.4, -0.2) is 21.4 Å². The van der Waals surface area contributed by atoms with E-state index in [0.717, 1.165) is 24.3 Å². The van der Waals surface area contributed by atoms with Gasteiger partial charge < -0.3 is 10.1 Å². The summed E-state index contributed by atoms with van der Waals surface area (Å²) >= 11 is 0. The van der Waals surface area contributed by atoms with Gasteiger partial charge in [-0.15, -0.1) is 0 Å². The Morgan fingerprint density at radius 1 is 0.969 bits per heavy atom. The number of benzene rings is 3. The standard InChI is InChI=1S/C22H19F3N2O4S/c1-14-7-12-17(26-21(28)15-8-10-16(11-9-15)22(23,24)25)13-20(14)32(29,30)27-18-5-3-4-6-19(18)31-2/h3-13,27H,1-2H3,(H,26,28). The lowest BCUT2D eigenvalue weighted by Gasteiger charge is -2.14. The second-order valence-electron chi connectivity index (χ2n) is 6.82. The molecular weight excluding hydrogens is 445 g/mol. The van der Waals surface area contributed by atoms with Gasteiger partial charge in [-0.3, -0.25) is 9.52 Å². The molecule has 0 saturated carbocycles. The number of amides is 1. The number of hydrogen-bond acceptors (Lipinski definition) is 4. The van der Waals surface area contributed by atoms with Gasteiger partial charge in [-0.2, -0.15) is 13.2 Å². The van der Waals surface area contributed by atoms with Gasteiger partial charge in [0, 0.05) is 11.3 Å². The molecule has 0 aliphatic carbocycles. The normalized spacial score (nSPS) is 11.7. The average molecular weight is 464 g/mol. The fourth-order valence-electron chi connectivity index (χ4n) is 2.91. The van der Waals surface area contributed by atoms with E-state index >= 15 is 0 Å². The summed E-state index contributed by atoms with van der Waals surface area (Å²) in [4.78, 5) is 12.3. The summed E-state index contributed by atoms with van der Waals surface area (Å²) in [5, 5.41) is 2.51. The fraction of sp³-hybridized carbons (Fsp3) is 0.136. The van der Waals surface area contributed by atoms with Crippen LogP contribution < -0.4 is 14.8 Å². The van der Waals surface area contributed by atoms with E-state index in [0.29, 0.717) is 11.3 Å². The molecule has 6 nitrogen and oxygen atoms in total. The van der Waals surface area contributed by atoms with Crippen molar-refractivity contribution in [2.24, 2.45) is 0 Å². The van der Waals surface area contributed by atoms with E-state index in [2.05, 4.69) is 10.0 Å². The molecule has 3 aromatic carbocycles. The van der Waals surface area contributed by atoms with Crippen molar-refractivity contribution in [3.05, 3.63) is 83.4 Å². The summed E-state index contributed by atoms with van der Waals surface area (Å²) in [6, 6.07) is 14.5. The number of rotatable bonds is 6. The van der Waals surface area contributed by atoms with Crippen molar-refractivity contribution in [2.75, 3.05) is 17.1 Å². The van der Waals surface area contributed by atoms with Crippen LogP contribution in [0.3, 0.4) is 0 Å². The molecule has 0 aromatic heterocycles. The van der Waals surface area contributed by atoms with Gasteiger partial charge in [-0.05, 0) is 61.0 Å². The van der Waals surface area contributed by atoms with E-state index in [1.165, 1.54) is 25.3 Å². The number of nitrogens with one attached hydrogen (secondary N) is 2. The maximum absolute atomic E-state index is 12.9. The minimum Gasteiger partial charge on any atom is -0.495 e. The summed E-state index contributed by atoms with van der Waals surface area (Å²) in [6.07, 6.45) is -4.51. The summed E-state index contributed by atoms with van der Waals surface area (Å²) in [6.45, 7) is 1.60. The van der Waals surface area contributed by atoms with Gasteiger partial charge in [-0.1, -0.05) is 18.2 Å². The summed E-state index contributed by atoms with van der Waals surface area (Å²) in [5.41, 5.74) is -0.0373. The van der Waals surface area contributed by atoms with Crippen LogP contribution in [0.5, 0.6) is 5.75 Å². The van der Waals surface area contributed by atoms with Gasteiger partial charge in [-0.25, -0.2) is 8.42 Å². The molecule has 0 unspecified atom stereocenters. The lowest BCUT2D eigenvalue weighted by molar-refractivity contribution is -0.137. The maximum Gasteiger partial charge on any atom is 0.416 e. The first-order valence-corrected chi connectivity index (χ1v) is 10.7. The summed E-state index contributed by atoms with van der Waals surface area (Å²) < 4.78 is 71.6. The van der Waals surface area contributed by atoms with E-state index in [4.69, 9.17) is 4.74 Å². The van der Waals surface area contributed by atoms with Gasteiger partial charge in [0.15, 0.2) is 0 Å². The Kier molecular flexibility index (Phi) is 6.45. The third-order valence-electron chi connectivity index (χ3n) is 4.56. The molecule has 1 amide bonds. The van der Waals surface area contributed by atoms with Gasteiger partial charge in [0.25, 0.3) is 15.9 Å². The minimum atomic E-state index is -4.51. The zero-order valence-corrected chi connectivity index (χ0v) is 17.8. The molecule has 0 radical (unpaired) electrons. The summed E-state index contributed by atoms with van der Waals surface area (Å²) in [7, 11) is -2.62. The predicted molar refractivity (Wildman–Crippen MR) is 114 cm³/mol. The SMILES string of the molecule is COc1ccccc1NS(=O)(=O)c1cc(NC(=O)c2ccc(C(F)(F)F)cc2)ccc1C. The monoisotopic (exact) mass is 464 g/mol. The Hall–Kier alpha value is -3.53. The number of carbonyl (C=O) groups is 1. The molecule has 0 heterocycles. The third-order valence-corrected chi connectivity index (χ3v) is 6.07. The molecule has 0 spiro atoms. The fourth-order valence-corrected chi connectivity index (χ4v) is 4.25. The van der Waals surface area contributed by atoms with Crippen LogP contribution >= 0.6 is 0 Å². The Bertz CT molecular complexity index is 1240. The van der Waals surface area contributed by atoms with E-state index in [1.54, 1.807) is 31.2 Å². The number of methoxy groups -OCH3 is 1. The number of sulfonamides is 1. The topological polar surface area (TPSA) is 84.5 Å². The van der Waals surface area contributed by atoms with Crippen LogP contribution in [0.2, 0.25) is 0 Å². The van der Waals surface area contributed by atoms with Crippen molar-refractivity contribution in [2.45, 2.75) is 18.0 Å². The van der Waals surface area contributed by atoms with Gasteiger partial charge in [0.1, 0.15) is 5.75 Å². The number of halogens is 3. The molecule has 0 saturated heterocycles. The van der Waals surface area contributed by atoms with Crippen molar-refractivity contribution < 1.29 is 31.1 Å². The van der Waals surface area contributed by atoms with Crippen LogP contribution in [0.15, 0.2) is 71.6 Å². The molecule has 0 atom stereocenters. The summed E-state index contributed by atoms with van der Waals surface area (Å²) in [5.74, 6) is -0.343.